The standard InChI is InChI=1S/C12H12FN3OS/c13-7-3-1-4-8(14)10(7)12-15-11(16-17-12)9-5-2-6-18-9/h1,3-4,9H,2,5-6,14H2. The molecule has 1 unspecified atom stereocenters. The molecule has 1 atom stereocenters. The van der Waals surface area contributed by atoms with Crippen LogP contribution in [0.15, 0.2) is 22.7 Å². The van der Waals surface area contributed by atoms with Crippen molar-refractivity contribution in [1.82, 2.24) is 10.1 Å². The second kappa shape index (κ2) is 4.61. The smallest absolute Gasteiger partial charge is 0.263 e. The summed E-state index contributed by atoms with van der Waals surface area (Å²) in [6, 6.07) is 4.50. The van der Waals surface area contributed by atoms with E-state index in [0.717, 1.165) is 18.6 Å². The Morgan fingerprint density at radius 3 is 3.06 bits per heavy atom. The molecule has 1 aromatic heterocycles. The second-order valence-corrected chi connectivity index (χ2v) is 5.47. The van der Waals surface area contributed by atoms with E-state index in [1.807, 2.05) is 0 Å². The zero-order valence-corrected chi connectivity index (χ0v) is 10.4. The zero-order valence-electron chi connectivity index (χ0n) is 9.60. The minimum absolute atomic E-state index is 0.160. The molecule has 1 aliphatic rings. The van der Waals surface area contributed by atoms with Crippen LogP contribution in [0.3, 0.4) is 0 Å². The van der Waals surface area contributed by atoms with Crippen LogP contribution in [0.25, 0.3) is 11.5 Å². The van der Waals surface area contributed by atoms with Crippen LogP contribution < -0.4 is 5.73 Å². The minimum atomic E-state index is -0.440. The van der Waals surface area contributed by atoms with Gasteiger partial charge in [0.2, 0.25) is 0 Å². The van der Waals surface area contributed by atoms with Gasteiger partial charge in [-0.1, -0.05) is 11.2 Å². The second-order valence-electron chi connectivity index (χ2n) is 4.16. The molecule has 3 rings (SSSR count). The van der Waals surface area contributed by atoms with Crippen molar-refractivity contribution in [2.75, 3.05) is 11.5 Å². The summed E-state index contributed by atoms with van der Waals surface area (Å²) in [6.45, 7) is 0. The first-order valence-corrected chi connectivity index (χ1v) is 6.80. The Bertz CT molecular complexity index is 546. The maximum Gasteiger partial charge on any atom is 0.263 e. The number of aromatic nitrogens is 2. The molecule has 2 N–H and O–H groups in total. The highest BCUT2D eigenvalue weighted by Crippen LogP contribution is 2.39. The molecule has 0 bridgehead atoms. The molecule has 6 heteroatoms. The lowest BCUT2D eigenvalue weighted by Gasteiger charge is -2.01. The number of thioether (sulfide) groups is 1. The number of hydrogen-bond donors (Lipinski definition) is 1. The number of nitrogen functional groups attached to an aromatic ring is 1. The molecule has 0 spiro atoms. The van der Waals surface area contributed by atoms with Gasteiger partial charge in [-0.3, -0.25) is 0 Å². The third-order valence-electron chi connectivity index (χ3n) is 2.92. The van der Waals surface area contributed by atoms with Crippen LogP contribution in [0.2, 0.25) is 0 Å². The van der Waals surface area contributed by atoms with Gasteiger partial charge in [0.1, 0.15) is 5.82 Å². The van der Waals surface area contributed by atoms with E-state index < -0.39 is 5.82 Å². The van der Waals surface area contributed by atoms with Crippen LogP contribution in [-0.2, 0) is 0 Å². The fourth-order valence-electron chi connectivity index (χ4n) is 2.01. The van der Waals surface area contributed by atoms with Crippen LogP contribution in [0, 0.1) is 5.82 Å². The average Bonchev–Trinajstić information content (AvgIpc) is 2.99. The maximum absolute atomic E-state index is 13.7. The molecule has 0 radical (unpaired) electrons. The van der Waals surface area contributed by atoms with E-state index in [1.54, 1.807) is 23.9 Å². The van der Waals surface area contributed by atoms with Crippen LogP contribution in [0.1, 0.15) is 23.9 Å². The lowest BCUT2D eigenvalue weighted by atomic mass is 10.1. The fourth-order valence-corrected chi connectivity index (χ4v) is 3.21. The highest BCUT2D eigenvalue weighted by molar-refractivity contribution is 7.99. The summed E-state index contributed by atoms with van der Waals surface area (Å²) < 4.78 is 18.8. The van der Waals surface area contributed by atoms with Crippen LogP contribution in [0.4, 0.5) is 10.1 Å². The van der Waals surface area contributed by atoms with Crippen LogP contribution >= 0.6 is 11.8 Å². The van der Waals surface area contributed by atoms with Crippen molar-refractivity contribution in [3.05, 3.63) is 29.8 Å². The highest BCUT2D eigenvalue weighted by atomic mass is 32.2. The number of anilines is 1. The van der Waals surface area contributed by atoms with Crippen LogP contribution in [-0.4, -0.2) is 15.9 Å². The molecular weight excluding hydrogens is 253 g/mol. The van der Waals surface area contributed by atoms with Gasteiger partial charge in [-0.05, 0) is 30.7 Å². The first-order valence-electron chi connectivity index (χ1n) is 5.75. The van der Waals surface area contributed by atoms with Gasteiger partial charge in [-0.2, -0.15) is 16.7 Å². The quantitative estimate of drug-likeness (QED) is 0.845. The summed E-state index contributed by atoms with van der Waals surface area (Å²) in [4.78, 5) is 4.27. The molecule has 18 heavy (non-hydrogen) atoms. The molecule has 0 amide bonds. The van der Waals surface area contributed by atoms with Gasteiger partial charge in [0.25, 0.3) is 5.89 Å². The third kappa shape index (κ3) is 1.96. The Hall–Kier alpha value is -1.56. The lowest BCUT2D eigenvalue weighted by molar-refractivity contribution is 0.419. The van der Waals surface area contributed by atoms with E-state index in [2.05, 4.69) is 10.1 Å². The van der Waals surface area contributed by atoms with Crippen molar-refractivity contribution in [2.24, 2.45) is 0 Å². The summed E-state index contributed by atoms with van der Waals surface area (Å²) in [6.07, 6.45) is 2.19. The molecule has 1 fully saturated rings. The molecule has 0 saturated carbocycles. The Balaban J connectivity index is 1.97. The Labute approximate surface area is 108 Å². The van der Waals surface area contributed by atoms with Gasteiger partial charge in [-0.15, -0.1) is 0 Å². The molecule has 1 aliphatic heterocycles. The Morgan fingerprint density at radius 2 is 2.33 bits per heavy atom. The van der Waals surface area contributed by atoms with Crippen molar-refractivity contribution < 1.29 is 8.91 Å². The predicted octanol–water partition coefficient (Wildman–Crippen LogP) is 3.03. The molecule has 2 heterocycles. The molecule has 4 nitrogen and oxygen atoms in total. The molecule has 94 valence electrons. The first-order chi connectivity index (χ1) is 8.75. The van der Waals surface area contributed by atoms with Crippen molar-refractivity contribution in [2.45, 2.75) is 18.1 Å². The van der Waals surface area contributed by atoms with Gasteiger partial charge >= 0.3 is 0 Å². The van der Waals surface area contributed by atoms with Crippen molar-refractivity contribution in [1.29, 1.82) is 0 Å². The van der Waals surface area contributed by atoms with Gasteiger partial charge in [0.05, 0.1) is 10.8 Å². The van der Waals surface area contributed by atoms with Gasteiger partial charge in [-0.25, -0.2) is 4.39 Å². The largest absolute Gasteiger partial charge is 0.398 e. The van der Waals surface area contributed by atoms with E-state index >= 15 is 0 Å². The summed E-state index contributed by atoms with van der Waals surface area (Å²) in [5.74, 6) is 1.46. The SMILES string of the molecule is Nc1cccc(F)c1-c1nc(C2CCCS2)no1. The molecule has 0 aliphatic carbocycles. The van der Waals surface area contributed by atoms with Gasteiger partial charge in [0, 0.05) is 5.69 Å². The Kier molecular flexibility index (Phi) is 2.95. The average molecular weight is 265 g/mol. The monoisotopic (exact) mass is 265 g/mol. The number of rotatable bonds is 2. The number of hydrogen-bond acceptors (Lipinski definition) is 5. The number of halogens is 1. The topological polar surface area (TPSA) is 64.9 Å². The predicted molar refractivity (Wildman–Crippen MR) is 68.5 cm³/mol. The molecular formula is C12H12FN3OS. The van der Waals surface area contributed by atoms with Crippen molar-refractivity contribution in [3.63, 3.8) is 0 Å². The molecule has 1 saturated heterocycles. The number of benzene rings is 1. The number of nitrogens with two attached hydrogens (primary N) is 1. The summed E-state index contributed by atoms with van der Waals surface area (Å²) in [7, 11) is 0. The summed E-state index contributed by atoms with van der Waals surface area (Å²) in [5, 5.41) is 4.19. The Morgan fingerprint density at radius 1 is 1.44 bits per heavy atom. The maximum atomic E-state index is 13.7. The normalized spacial score (nSPS) is 19.3. The van der Waals surface area contributed by atoms with Crippen LogP contribution in [0.5, 0.6) is 0 Å². The summed E-state index contributed by atoms with van der Waals surface area (Å²) in [5.41, 5.74) is 6.25. The van der Waals surface area contributed by atoms with E-state index in [9.17, 15) is 4.39 Å². The van der Waals surface area contributed by atoms with E-state index in [1.165, 1.54) is 6.07 Å². The van der Waals surface area contributed by atoms with Gasteiger partial charge < -0.3 is 10.3 Å². The van der Waals surface area contributed by atoms with E-state index in [-0.39, 0.29) is 16.7 Å². The fraction of sp³-hybridized carbons (Fsp3) is 0.333. The summed E-state index contributed by atoms with van der Waals surface area (Å²) >= 11 is 1.80. The third-order valence-corrected chi connectivity index (χ3v) is 4.29. The molecule has 2 aromatic rings. The van der Waals surface area contributed by atoms with Crippen molar-refractivity contribution >= 4 is 17.4 Å². The lowest BCUT2D eigenvalue weighted by Crippen LogP contribution is -1.95. The van der Waals surface area contributed by atoms with E-state index in [0.29, 0.717) is 11.5 Å². The number of nitrogens with zero attached hydrogens (tertiary/aromatic N) is 2. The van der Waals surface area contributed by atoms with Gasteiger partial charge in [0.15, 0.2) is 5.82 Å². The van der Waals surface area contributed by atoms with E-state index in [4.69, 9.17) is 10.3 Å². The first kappa shape index (κ1) is 11.5. The van der Waals surface area contributed by atoms with Crippen molar-refractivity contribution in [3.8, 4) is 11.5 Å². The molecule has 1 aromatic carbocycles. The minimum Gasteiger partial charge on any atom is -0.398 e. The highest BCUT2D eigenvalue weighted by Gasteiger charge is 2.24. The zero-order chi connectivity index (χ0) is 12.5.